The van der Waals surface area contributed by atoms with Crippen LogP contribution in [0.5, 0.6) is 5.75 Å². The van der Waals surface area contributed by atoms with Gasteiger partial charge in [-0.1, -0.05) is 0 Å². The molecule has 0 bridgehead atoms. The van der Waals surface area contributed by atoms with Crippen molar-refractivity contribution in [1.29, 1.82) is 0 Å². The van der Waals surface area contributed by atoms with E-state index in [4.69, 9.17) is 0 Å². The standard InChI is InChI=1S/C6HBr2F4NO/c7-3-4(9)2(1-13-5(3)8)14-6(10,11)12/h1H. The Morgan fingerprint density at radius 1 is 1.29 bits per heavy atom. The molecule has 8 heteroatoms. The Kier molecular flexibility index (Phi) is 3.36. The molecule has 1 aromatic heterocycles. The molecule has 0 aliphatic rings. The fourth-order valence-electron chi connectivity index (χ4n) is 0.623. The molecule has 0 aromatic carbocycles. The normalized spacial score (nSPS) is 11.6. The summed E-state index contributed by atoms with van der Waals surface area (Å²) in [5.41, 5.74) is 0. The molecule has 1 rings (SSSR count). The molecule has 0 radical (unpaired) electrons. The summed E-state index contributed by atoms with van der Waals surface area (Å²) in [4.78, 5) is 3.43. The molecule has 2 nitrogen and oxygen atoms in total. The van der Waals surface area contributed by atoms with Crippen molar-refractivity contribution in [2.45, 2.75) is 6.36 Å². The number of nitrogens with zero attached hydrogens (tertiary/aromatic N) is 1. The van der Waals surface area contributed by atoms with Crippen molar-refractivity contribution in [1.82, 2.24) is 4.98 Å². The number of hydrogen-bond acceptors (Lipinski definition) is 2. The number of hydrogen-bond donors (Lipinski definition) is 0. The minimum Gasteiger partial charge on any atom is -0.401 e. The Hall–Kier alpha value is -0.370. The summed E-state index contributed by atoms with van der Waals surface area (Å²) in [5, 5.41) is 0. The van der Waals surface area contributed by atoms with Crippen molar-refractivity contribution >= 4 is 31.9 Å². The number of pyridine rings is 1. The Bertz CT molecular complexity index is 354. The Balaban J connectivity index is 3.06. The largest absolute Gasteiger partial charge is 0.573 e. The van der Waals surface area contributed by atoms with Gasteiger partial charge in [-0.05, 0) is 31.9 Å². The maximum absolute atomic E-state index is 13.1. The summed E-state index contributed by atoms with van der Waals surface area (Å²) in [5.74, 6) is -2.14. The predicted octanol–water partition coefficient (Wildman–Crippen LogP) is 3.64. The van der Waals surface area contributed by atoms with Gasteiger partial charge in [0.05, 0.1) is 10.7 Å². The van der Waals surface area contributed by atoms with Gasteiger partial charge < -0.3 is 4.74 Å². The second-order valence-electron chi connectivity index (χ2n) is 2.09. The predicted molar refractivity (Wildman–Crippen MR) is 46.3 cm³/mol. The quantitative estimate of drug-likeness (QED) is 0.576. The maximum atomic E-state index is 13.1. The van der Waals surface area contributed by atoms with E-state index in [-0.39, 0.29) is 9.08 Å². The van der Waals surface area contributed by atoms with Gasteiger partial charge in [-0.25, -0.2) is 9.37 Å². The summed E-state index contributed by atoms with van der Waals surface area (Å²) < 4.78 is 51.4. The molecule has 0 N–H and O–H groups in total. The molecule has 0 saturated carbocycles. The summed E-state index contributed by atoms with van der Waals surface area (Å²) in [6, 6.07) is 0. The second-order valence-corrected chi connectivity index (χ2v) is 3.63. The third-order valence-corrected chi connectivity index (χ3v) is 2.97. The van der Waals surface area contributed by atoms with Gasteiger partial charge in [-0.3, -0.25) is 0 Å². The van der Waals surface area contributed by atoms with Crippen LogP contribution in [-0.2, 0) is 0 Å². The van der Waals surface area contributed by atoms with E-state index in [0.29, 0.717) is 6.20 Å². The zero-order chi connectivity index (χ0) is 10.9. The SMILES string of the molecule is Fc1c(OC(F)(F)F)cnc(Br)c1Br. The first-order valence-corrected chi connectivity index (χ1v) is 4.65. The first kappa shape index (κ1) is 11.7. The molecule has 1 aromatic rings. The van der Waals surface area contributed by atoms with Crippen LogP contribution < -0.4 is 4.74 Å². The number of aromatic nitrogens is 1. The van der Waals surface area contributed by atoms with Crippen molar-refractivity contribution < 1.29 is 22.3 Å². The highest BCUT2D eigenvalue weighted by molar-refractivity contribution is 9.13. The van der Waals surface area contributed by atoms with Crippen LogP contribution in [0.4, 0.5) is 17.6 Å². The Morgan fingerprint density at radius 3 is 2.36 bits per heavy atom. The van der Waals surface area contributed by atoms with E-state index in [0.717, 1.165) is 0 Å². The second kappa shape index (κ2) is 4.01. The first-order valence-electron chi connectivity index (χ1n) is 3.06. The smallest absolute Gasteiger partial charge is 0.401 e. The van der Waals surface area contributed by atoms with Gasteiger partial charge >= 0.3 is 6.36 Å². The highest BCUT2D eigenvalue weighted by atomic mass is 79.9. The van der Waals surface area contributed by atoms with Crippen LogP contribution in [0.3, 0.4) is 0 Å². The van der Waals surface area contributed by atoms with Crippen LogP contribution in [-0.4, -0.2) is 11.3 Å². The van der Waals surface area contributed by atoms with E-state index in [2.05, 4.69) is 41.6 Å². The van der Waals surface area contributed by atoms with E-state index in [1.165, 1.54) is 0 Å². The molecular formula is C6HBr2F4NO. The molecule has 0 fully saturated rings. The maximum Gasteiger partial charge on any atom is 0.573 e. The van der Waals surface area contributed by atoms with E-state index in [1.807, 2.05) is 0 Å². The lowest BCUT2D eigenvalue weighted by atomic mass is 10.4. The number of halogens is 6. The topological polar surface area (TPSA) is 22.1 Å². The van der Waals surface area contributed by atoms with Crippen molar-refractivity contribution in [3.8, 4) is 5.75 Å². The number of rotatable bonds is 1. The van der Waals surface area contributed by atoms with Crippen LogP contribution in [0, 0.1) is 5.82 Å². The van der Waals surface area contributed by atoms with Gasteiger partial charge in [0.15, 0.2) is 11.6 Å². The van der Waals surface area contributed by atoms with Crippen LogP contribution >= 0.6 is 31.9 Å². The van der Waals surface area contributed by atoms with Gasteiger partial charge in [-0.2, -0.15) is 0 Å². The third kappa shape index (κ3) is 2.81. The Labute approximate surface area is 92.5 Å². The van der Waals surface area contributed by atoms with Crippen molar-refractivity contribution in [3.05, 3.63) is 21.1 Å². The first-order chi connectivity index (χ1) is 6.31. The molecular weight excluding hydrogens is 338 g/mol. The monoisotopic (exact) mass is 337 g/mol. The van der Waals surface area contributed by atoms with E-state index in [9.17, 15) is 17.6 Å². The average Bonchev–Trinajstić information content (AvgIpc) is 2.04. The molecule has 1 heterocycles. The highest BCUT2D eigenvalue weighted by Crippen LogP contribution is 2.32. The summed E-state index contributed by atoms with van der Waals surface area (Å²) in [6.45, 7) is 0. The van der Waals surface area contributed by atoms with Crippen molar-refractivity contribution in [2.24, 2.45) is 0 Å². The van der Waals surface area contributed by atoms with Gasteiger partial charge in [-0.15, -0.1) is 13.2 Å². The lowest BCUT2D eigenvalue weighted by molar-refractivity contribution is -0.275. The summed E-state index contributed by atoms with van der Waals surface area (Å²) >= 11 is 5.53. The van der Waals surface area contributed by atoms with Crippen molar-refractivity contribution in [3.63, 3.8) is 0 Å². The molecule has 0 aliphatic carbocycles. The fraction of sp³-hybridized carbons (Fsp3) is 0.167. The molecule has 78 valence electrons. The van der Waals surface area contributed by atoms with E-state index >= 15 is 0 Å². The molecule has 0 unspecified atom stereocenters. The number of ether oxygens (including phenoxy) is 1. The zero-order valence-electron chi connectivity index (χ0n) is 6.20. The minimum atomic E-state index is -4.93. The highest BCUT2D eigenvalue weighted by Gasteiger charge is 2.33. The van der Waals surface area contributed by atoms with E-state index in [1.54, 1.807) is 0 Å². The summed E-state index contributed by atoms with van der Waals surface area (Å²) in [6.07, 6.45) is -4.30. The third-order valence-electron chi connectivity index (χ3n) is 1.11. The molecule has 0 aliphatic heterocycles. The van der Waals surface area contributed by atoms with Gasteiger partial charge in [0.2, 0.25) is 0 Å². The molecule has 0 atom stereocenters. The fourth-order valence-corrected chi connectivity index (χ4v) is 1.20. The zero-order valence-corrected chi connectivity index (χ0v) is 9.37. The van der Waals surface area contributed by atoms with Gasteiger partial charge in [0.25, 0.3) is 0 Å². The average molecular weight is 339 g/mol. The summed E-state index contributed by atoms with van der Waals surface area (Å²) in [7, 11) is 0. The molecule has 0 saturated heterocycles. The lowest BCUT2D eigenvalue weighted by Crippen LogP contribution is -2.18. The van der Waals surface area contributed by atoms with E-state index < -0.39 is 17.9 Å². The number of alkyl halides is 3. The Morgan fingerprint density at radius 2 is 1.86 bits per heavy atom. The van der Waals surface area contributed by atoms with Crippen LogP contribution in [0.15, 0.2) is 15.3 Å². The van der Waals surface area contributed by atoms with Crippen LogP contribution in [0.25, 0.3) is 0 Å². The van der Waals surface area contributed by atoms with Crippen molar-refractivity contribution in [2.75, 3.05) is 0 Å². The van der Waals surface area contributed by atoms with Gasteiger partial charge in [0.1, 0.15) is 4.60 Å². The van der Waals surface area contributed by atoms with Crippen LogP contribution in [0.1, 0.15) is 0 Å². The van der Waals surface area contributed by atoms with Crippen LogP contribution in [0.2, 0.25) is 0 Å². The van der Waals surface area contributed by atoms with Gasteiger partial charge in [0, 0.05) is 0 Å². The minimum absolute atomic E-state index is 0.0597. The molecule has 14 heavy (non-hydrogen) atoms. The molecule has 0 spiro atoms. The molecule has 0 amide bonds. The lowest BCUT2D eigenvalue weighted by Gasteiger charge is -2.09.